The molecule has 2 aromatic heterocycles. The van der Waals surface area contributed by atoms with Crippen LogP contribution in [0.4, 0.5) is 0 Å². The lowest BCUT2D eigenvalue weighted by atomic mass is 10.6. The van der Waals surface area contributed by atoms with Crippen molar-refractivity contribution in [2.24, 2.45) is 0 Å². The number of aromatic nitrogens is 4. The van der Waals surface area contributed by atoms with Crippen molar-refractivity contribution in [3.8, 4) is 0 Å². The second-order valence-corrected chi connectivity index (χ2v) is 7.62. The molecule has 2 rings (SSSR count). The number of esters is 1. The predicted molar refractivity (Wildman–Crippen MR) is 77.8 cm³/mol. The maximum Gasteiger partial charge on any atom is 0.369 e. The van der Waals surface area contributed by atoms with Gasteiger partial charge in [-0.1, -0.05) is 22.7 Å². The number of nitrogens with zero attached hydrogens (tertiary/aromatic N) is 4. The van der Waals surface area contributed by atoms with Crippen LogP contribution < -0.4 is 5.32 Å². The molecule has 8 nitrogen and oxygen atoms in total. The topological polar surface area (TPSA) is 107 Å². The molecule has 0 aromatic carbocycles. The zero-order valence-corrected chi connectivity index (χ0v) is 14.3. The minimum absolute atomic E-state index is 0.0295. The van der Waals surface area contributed by atoms with E-state index in [0.29, 0.717) is 7.83 Å². The largest absolute Gasteiger partial charge is 0.458 e. The van der Waals surface area contributed by atoms with Crippen molar-refractivity contribution in [3.05, 3.63) is 17.8 Å². The Morgan fingerprint density at radius 2 is 1.65 bits per heavy atom. The number of halogens is 2. The van der Waals surface area contributed by atoms with Gasteiger partial charge in [0.25, 0.3) is 5.91 Å². The highest BCUT2D eigenvalue weighted by molar-refractivity contribution is 9.11. The molecule has 0 aliphatic heterocycles. The van der Waals surface area contributed by atoms with Gasteiger partial charge in [0.05, 0.1) is 6.54 Å². The minimum atomic E-state index is -0.582. The minimum Gasteiger partial charge on any atom is -0.458 e. The number of hydrogen-bond acceptors (Lipinski definition) is 9. The molecular formula is C8H5Br2N5O3S2. The third kappa shape index (κ3) is 4.26. The maximum atomic E-state index is 11.6. The summed E-state index contributed by atoms with van der Waals surface area (Å²) in [6, 6.07) is 0. The molecule has 0 spiro atoms. The zero-order valence-electron chi connectivity index (χ0n) is 9.50. The molecule has 12 heteroatoms. The third-order valence-corrected chi connectivity index (χ3v) is 4.48. The molecular weight excluding hydrogens is 438 g/mol. The van der Waals surface area contributed by atoms with Crippen LogP contribution in [0, 0.1) is 0 Å². The predicted octanol–water partition coefficient (Wildman–Crippen LogP) is 1.50. The smallest absolute Gasteiger partial charge is 0.369 e. The maximum absolute atomic E-state index is 11.6. The van der Waals surface area contributed by atoms with E-state index in [1.54, 1.807) is 0 Å². The Kier molecular flexibility index (Phi) is 5.51. The average Bonchev–Trinajstić information content (AvgIpc) is 3.03. The van der Waals surface area contributed by atoms with E-state index < -0.39 is 5.97 Å². The molecule has 0 saturated heterocycles. The third-order valence-electron chi connectivity index (χ3n) is 1.79. The van der Waals surface area contributed by atoms with Crippen molar-refractivity contribution in [1.82, 2.24) is 25.7 Å². The normalized spacial score (nSPS) is 10.3. The first-order valence-corrected chi connectivity index (χ1v) is 8.21. The number of hydrogen-bond donors (Lipinski definition) is 1. The molecule has 0 aliphatic carbocycles. The molecule has 0 radical (unpaired) electrons. The molecule has 0 unspecified atom stereocenters. The number of ether oxygens (including phenoxy) is 1. The molecule has 2 heterocycles. The van der Waals surface area contributed by atoms with Gasteiger partial charge in [-0.05, 0) is 31.9 Å². The van der Waals surface area contributed by atoms with E-state index in [1.807, 2.05) is 0 Å². The van der Waals surface area contributed by atoms with E-state index in [1.165, 1.54) is 0 Å². The van der Waals surface area contributed by atoms with E-state index in [-0.39, 0.29) is 29.1 Å². The van der Waals surface area contributed by atoms with Gasteiger partial charge in [0, 0.05) is 0 Å². The lowest BCUT2D eigenvalue weighted by Crippen LogP contribution is -2.28. The highest BCUT2D eigenvalue weighted by atomic mass is 79.9. The van der Waals surface area contributed by atoms with E-state index in [4.69, 9.17) is 4.74 Å². The molecule has 2 aromatic rings. The lowest BCUT2D eigenvalue weighted by Gasteiger charge is -2.03. The van der Waals surface area contributed by atoms with E-state index in [2.05, 4.69) is 57.6 Å². The van der Waals surface area contributed by atoms with E-state index in [9.17, 15) is 9.59 Å². The van der Waals surface area contributed by atoms with Crippen LogP contribution in [-0.4, -0.2) is 45.4 Å². The van der Waals surface area contributed by atoms with Crippen LogP contribution in [0.25, 0.3) is 0 Å². The summed E-state index contributed by atoms with van der Waals surface area (Å²) in [4.78, 5) is 23.1. The Morgan fingerprint density at radius 1 is 1.05 bits per heavy atom. The first kappa shape index (κ1) is 15.4. The number of carbonyl (C=O) groups excluding carboxylic acids is 2. The van der Waals surface area contributed by atoms with Gasteiger partial charge < -0.3 is 10.1 Å². The summed E-state index contributed by atoms with van der Waals surface area (Å²) in [6.07, 6.45) is 0. The summed E-state index contributed by atoms with van der Waals surface area (Å²) >= 11 is 8.39. The monoisotopic (exact) mass is 441 g/mol. The van der Waals surface area contributed by atoms with Gasteiger partial charge in [-0.3, -0.25) is 4.79 Å². The van der Waals surface area contributed by atoms with Crippen LogP contribution in [0.5, 0.6) is 0 Å². The fourth-order valence-electron chi connectivity index (χ4n) is 1.03. The molecule has 0 aliphatic rings. The van der Waals surface area contributed by atoms with Crippen LogP contribution in [-0.2, 0) is 4.74 Å². The number of rotatable bonds is 5. The second kappa shape index (κ2) is 7.15. The SMILES string of the molecule is O=C(NCCOC(=O)c1nnc(Br)s1)c1nnc(Br)s1. The van der Waals surface area contributed by atoms with E-state index in [0.717, 1.165) is 22.7 Å². The summed E-state index contributed by atoms with van der Waals surface area (Å²) in [5.41, 5.74) is 0. The zero-order chi connectivity index (χ0) is 14.5. The van der Waals surface area contributed by atoms with Gasteiger partial charge in [0.2, 0.25) is 10.0 Å². The van der Waals surface area contributed by atoms with Crippen molar-refractivity contribution >= 4 is 66.4 Å². The Hall–Kier alpha value is -0.980. The van der Waals surface area contributed by atoms with Crippen LogP contribution in [0.15, 0.2) is 7.83 Å². The number of carbonyl (C=O) groups is 2. The summed E-state index contributed by atoms with van der Waals surface area (Å²) in [5, 5.41) is 17.5. The fraction of sp³-hybridized carbons (Fsp3) is 0.250. The fourth-order valence-corrected chi connectivity index (χ4v) is 3.06. The first-order valence-electron chi connectivity index (χ1n) is 4.99. The Labute approximate surface area is 137 Å². The van der Waals surface area contributed by atoms with Crippen LogP contribution in [0.1, 0.15) is 19.6 Å². The molecule has 0 fully saturated rings. The van der Waals surface area contributed by atoms with Crippen molar-refractivity contribution in [2.45, 2.75) is 0 Å². The Balaban J connectivity index is 1.71. The van der Waals surface area contributed by atoms with E-state index >= 15 is 0 Å². The molecule has 1 amide bonds. The van der Waals surface area contributed by atoms with Crippen molar-refractivity contribution in [3.63, 3.8) is 0 Å². The van der Waals surface area contributed by atoms with Gasteiger partial charge >= 0.3 is 5.97 Å². The molecule has 0 saturated carbocycles. The van der Waals surface area contributed by atoms with Gasteiger partial charge in [-0.2, -0.15) is 0 Å². The van der Waals surface area contributed by atoms with Crippen LogP contribution in [0.2, 0.25) is 0 Å². The number of amides is 1. The summed E-state index contributed by atoms with van der Waals surface area (Å²) in [5.74, 6) is -0.955. The summed E-state index contributed by atoms with van der Waals surface area (Å²) < 4.78 is 5.95. The van der Waals surface area contributed by atoms with Crippen LogP contribution >= 0.6 is 54.5 Å². The lowest BCUT2D eigenvalue weighted by molar-refractivity contribution is 0.0502. The highest BCUT2D eigenvalue weighted by Gasteiger charge is 2.14. The molecule has 0 bridgehead atoms. The average molecular weight is 443 g/mol. The molecule has 1 N–H and O–H groups in total. The van der Waals surface area contributed by atoms with Crippen molar-refractivity contribution in [1.29, 1.82) is 0 Å². The molecule has 20 heavy (non-hydrogen) atoms. The highest BCUT2D eigenvalue weighted by Crippen LogP contribution is 2.16. The van der Waals surface area contributed by atoms with Gasteiger partial charge in [-0.15, -0.1) is 20.4 Å². The van der Waals surface area contributed by atoms with Crippen molar-refractivity contribution in [2.75, 3.05) is 13.2 Å². The molecule has 106 valence electrons. The summed E-state index contributed by atoms with van der Waals surface area (Å²) in [6.45, 7) is 0.198. The molecule has 0 atom stereocenters. The summed E-state index contributed by atoms with van der Waals surface area (Å²) in [7, 11) is 0. The Morgan fingerprint density at radius 3 is 2.20 bits per heavy atom. The quantitative estimate of drug-likeness (QED) is 0.552. The number of nitrogens with one attached hydrogen (secondary N) is 1. The van der Waals surface area contributed by atoms with Gasteiger partial charge in [-0.25, -0.2) is 4.79 Å². The standard InChI is InChI=1S/C8H5Br2N5O3S2/c9-7-14-12-4(19-7)3(16)11-1-2-18-6(17)5-13-15-8(10)20-5/h1-2H2,(H,11,16). The van der Waals surface area contributed by atoms with Crippen LogP contribution in [0.3, 0.4) is 0 Å². The van der Waals surface area contributed by atoms with Gasteiger partial charge in [0.15, 0.2) is 7.83 Å². The van der Waals surface area contributed by atoms with Crippen molar-refractivity contribution < 1.29 is 14.3 Å². The first-order chi connectivity index (χ1) is 9.56. The Bertz CT molecular complexity index is 577. The second-order valence-electron chi connectivity index (χ2n) is 3.11. The van der Waals surface area contributed by atoms with Gasteiger partial charge in [0.1, 0.15) is 6.61 Å².